The highest BCUT2D eigenvalue weighted by Gasteiger charge is 2.15. The van der Waals surface area contributed by atoms with E-state index in [-0.39, 0.29) is 11.6 Å². The zero-order valence-electron chi connectivity index (χ0n) is 11.4. The first-order chi connectivity index (χ1) is 9.38. The van der Waals surface area contributed by atoms with E-state index in [4.69, 9.17) is 11.6 Å². The van der Waals surface area contributed by atoms with Gasteiger partial charge in [-0.2, -0.15) is 0 Å². The van der Waals surface area contributed by atoms with Crippen LogP contribution in [0.3, 0.4) is 0 Å². The Morgan fingerprint density at radius 1 is 1.40 bits per heavy atom. The van der Waals surface area contributed by atoms with Crippen LogP contribution in [-0.2, 0) is 0 Å². The van der Waals surface area contributed by atoms with Crippen molar-refractivity contribution in [3.8, 4) is 0 Å². The van der Waals surface area contributed by atoms with Crippen LogP contribution in [0.4, 0.5) is 5.69 Å². The van der Waals surface area contributed by atoms with E-state index in [1.807, 2.05) is 26.0 Å². The molecule has 0 radical (unpaired) electrons. The van der Waals surface area contributed by atoms with Gasteiger partial charge in [0.25, 0.3) is 5.56 Å². The number of nitrogens with zero attached hydrogens (tertiary/aromatic N) is 1. The fraction of sp³-hybridized carbons (Fsp3) is 0.286. The normalized spacial score (nSPS) is 12.2. The SMILES string of the molecule is Cc1nc(C)c(C(C)Nc2cc(Cl)ccc2Br)c(=O)[nH]1. The summed E-state index contributed by atoms with van der Waals surface area (Å²) in [4.78, 5) is 19.1. The van der Waals surface area contributed by atoms with Crippen LogP contribution in [0, 0.1) is 13.8 Å². The van der Waals surface area contributed by atoms with E-state index in [0.717, 1.165) is 15.9 Å². The standard InChI is InChI=1S/C14H15BrClN3O/c1-7-13(14(20)19-9(3)17-7)8(2)18-12-6-10(16)4-5-11(12)15/h4-6,8,18H,1-3H3,(H,17,19,20). The summed E-state index contributed by atoms with van der Waals surface area (Å²) in [6, 6.07) is 5.30. The predicted molar refractivity (Wildman–Crippen MR) is 85.5 cm³/mol. The molecule has 20 heavy (non-hydrogen) atoms. The zero-order valence-corrected chi connectivity index (χ0v) is 13.8. The van der Waals surface area contributed by atoms with Crippen molar-refractivity contribution in [2.75, 3.05) is 5.32 Å². The second-order valence-electron chi connectivity index (χ2n) is 4.64. The Morgan fingerprint density at radius 2 is 2.10 bits per heavy atom. The molecular formula is C14H15BrClN3O. The molecule has 0 fully saturated rings. The monoisotopic (exact) mass is 355 g/mol. The predicted octanol–water partition coefficient (Wildman–Crippen LogP) is 3.98. The molecule has 2 aromatic rings. The van der Waals surface area contributed by atoms with Gasteiger partial charge in [-0.1, -0.05) is 11.6 Å². The highest BCUT2D eigenvalue weighted by molar-refractivity contribution is 9.10. The van der Waals surface area contributed by atoms with Gasteiger partial charge in [0.15, 0.2) is 0 Å². The maximum atomic E-state index is 12.1. The Balaban J connectivity index is 2.36. The van der Waals surface area contributed by atoms with Gasteiger partial charge in [0.05, 0.1) is 23.0 Å². The van der Waals surface area contributed by atoms with E-state index in [9.17, 15) is 4.79 Å². The van der Waals surface area contributed by atoms with Crippen LogP contribution in [0.5, 0.6) is 0 Å². The Hall–Kier alpha value is -1.33. The lowest BCUT2D eigenvalue weighted by Crippen LogP contribution is -2.23. The highest BCUT2D eigenvalue weighted by Crippen LogP contribution is 2.29. The van der Waals surface area contributed by atoms with Gasteiger partial charge in [-0.3, -0.25) is 4.79 Å². The third-order valence-electron chi connectivity index (χ3n) is 3.00. The van der Waals surface area contributed by atoms with Crippen LogP contribution in [-0.4, -0.2) is 9.97 Å². The van der Waals surface area contributed by atoms with Gasteiger partial charge in [0.1, 0.15) is 5.82 Å². The van der Waals surface area contributed by atoms with E-state index in [0.29, 0.717) is 16.4 Å². The molecule has 1 unspecified atom stereocenters. The molecular weight excluding hydrogens is 342 g/mol. The van der Waals surface area contributed by atoms with Gasteiger partial charge < -0.3 is 10.3 Å². The molecule has 0 aliphatic heterocycles. The van der Waals surface area contributed by atoms with Gasteiger partial charge in [0, 0.05) is 9.50 Å². The van der Waals surface area contributed by atoms with Crippen LogP contribution in [0.15, 0.2) is 27.5 Å². The molecule has 1 heterocycles. The number of hydrogen-bond donors (Lipinski definition) is 2. The van der Waals surface area contributed by atoms with E-state index >= 15 is 0 Å². The smallest absolute Gasteiger partial charge is 0.256 e. The third kappa shape index (κ3) is 3.22. The van der Waals surface area contributed by atoms with Crippen molar-refractivity contribution >= 4 is 33.2 Å². The van der Waals surface area contributed by atoms with Crippen molar-refractivity contribution in [3.63, 3.8) is 0 Å². The van der Waals surface area contributed by atoms with Crippen LogP contribution < -0.4 is 10.9 Å². The molecule has 0 amide bonds. The summed E-state index contributed by atoms with van der Waals surface area (Å²) in [5, 5.41) is 3.91. The van der Waals surface area contributed by atoms with Crippen LogP contribution in [0.2, 0.25) is 5.02 Å². The van der Waals surface area contributed by atoms with Crippen molar-refractivity contribution < 1.29 is 0 Å². The second kappa shape index (κ2) is 5.97. The number of anilines is 1. The van der Waals surface area contributed by atoms with Gasteiger partial charge in [0.2, 0.25) is 0 Å². The number of H-pyrrole nitrogens is 1. The number of hydrogen-bond acceptors (Lipinski definition) is 3. The molecule has 1 atom stereocenters. The summed E-state index contributed by atoms with van der Waals surface area (Å²) < 4.78 is 0.892. The molecule has 0 saturated heterocycles. The number of nitrogens with one attached hydrogen (secondary N) is 2. The Bertz CT molecular complexity index is 699. The number of aromatic amines is 1. The van der Waals surface area contributed by atoms with E-state index in [1.54, 1.807) is 13.0 Å². The van der Waals surface area contributed by atoms with Crippen molar-refractivity contribution in [1.29, 1.82) is 0 Å². The number of aryl methyl sites for hydroxylation is 2. The lowest BCUT2D eigenvalue weighted by molar-refractivity contribution is 0.813. The minimum absolute atomic E-state index is 0.117. The molecule has 0 spiro atoms. The van der Waals surface area contributed by atoms with Gasteiger partial charge in [-0.15, -0.1) is 0 Å². The first-order valence-electron chi connectivity index (χ1n) is 6.17. The summed E-state index contributed by atoms with van der Waals surface area (Å²) in [5.41, 5.74) is 2.07. The molecule has 4 nitrogen and oxygen atoms in total. The molecule has 0 aliphatic carbocycles. The minimum Gasteiger partial charge on any atom is -0.377 e. The van der Waals surface area contributed by atoms with Crippen molar-refractivity contribution in [2.24, 2.45) is 0 Å². The summed E-state index contributed by atoms with van der Waals surface area (Å²) in [5.74, 6) is 0.618. The minimum atomic E-state index is -0.179. The lowest BCUT2D eigenvalue weighted by Gasteiger charge is -2.18. The Morgan fingerprint density at radius 3 is 2.75 bits per heavy atom. The van der Waals surface area contributed by atoms with Crippen molar-refractivity contribution in [2.45, 2.75) is 26.8 Å². The highest BCUT2D eigenvalue weighted by atomic mass is 79.9. The molecule has 1 aromatic heterocycles. The zero-order chi connectivity index (χ0) is 14.9. The van der Waals surface area contributed by atoms with Gasteiger partial charge >= 0.3 is 0 Å². The Kier molecular flexibility index (Phi) is 4.50. The molecule has 2 rings (SSSR count). The molecule has 2 N–H and O–H groups in total. The molecule has 0 aliphatic rings. The first kappa shape index (κ1) is 15.1. The lowest BCUT2D eigenvalue weighted by atomic mass is 10.1. The summed E-state index contributed by atoms with van der Waals surface area (Å²) in [7, 11) is 0. The Labute approximate surface area is 130 Å². The maximum absolute atomic E-state index is 12.1. The van der Waals surface area contributed by atoms with Crippen molar-refractivity contribution in [3.05, 3.63) is 55.1 Å². The summed E-state index contributed by atoms with van der Waals surface area (Å²) in [6.45, 7) is 5.52. The largest absolute Gasteiger partial charge is 0.377 e. The average molecular weight is 357 g/mol. The summed E-state index contributed by atoms with van der Waals surface area (Å²) >= 11 is 9.45. The topological polar surface area (TPSA) is 57.8 Å². The number of benzene rings is 1. The fourth-order valence-electron chi connectivity index (χ4n) is 2.16. The van der Waals surface area contributed by atoms with Crippen LogP contribution >= 0.6 is 27.5 Å². The third-order valence-corrected chi connectivity index (χ3v) is 3.92. The molecule has 1 aromatic carbocycles. The number of aromatic nitrogens is 2. The van der Waals surface area contributed by atoms with E-state index in [2.05, 4.69) is 31.2 Å². The number of rotatable bonds is 3. The fourth-order valence-corrected chi connectivity index (χ4v) is 2.69. The molecule has 0 bridgehead atoms. The van der Waals surface area contributed by atoms with E-state index in [1.165, 1.54) is 0 Å². The summed E-state index contributed by atoms with van der Waals surface area (Å²) in [6.07, 6.45) is 0. The van der Waals surface area contributed by atoms with Gasteiger partial charge in [-0.25, -0.2) is 4.98 Å². The first-order valence-corrected chi connectivity index (χ1v) is 7.34. The van der Waals surface area contributed by atoms with Crippen molar-refractivity contribution in [1.82, 2.24) is 9.97 Å². The van der Waals surface area contributed by atoms with Crippen LogP contribution in [0.25, 0.3) is 0 Å². The molecule has 6 heteroatoms. The van der Waals surface area contributed by atoms with Gasteiger partial charge in [-0.05, 0) is 54.9 Å². The maximum Gasteiger partial charge on any atom is 0.256 e. The number of halogens is 2. The van der Waals surface area contributed by atoms with E-state index < -0.39 is 0 Å². The molecule has 0 saturated carbocycles. The quantitative estimate of drug-likeness (QED) is 0.874. The second-order valence-corrected chi connectivity index (χ2v) is 5.93. The average Bonchev–Trinajstić information content (AvgIpc) is 2.32. The van der Waals surface area contributed by atoms with Crippen LogP contribution in [0.1, 0.15) is 30.0 Å². The molecule has 106 valence electrons.